The third kappa shape index (κ3) is 5.46. The van der Waals surface area contributed by atoms with E-state index in [-0.39, 0.29) is 17.5 Å². The number of hydrogen-bond donors (Lipinski definition) is 1. The van der Waals surface area contributed by atoms with Gasteiger partial charge >= 0.3 is 12.2 Å². The normalized spacial score (nSPS) is 21.4. The fourth-order valence-electron chi connectivity index (χ4n) is 4.20. The predicted octanol–water partition coefficient (Wildman–Crippen LogP) is 2.94. The van der Waals surface area contributed by atoms with E-state index in [4.69, 9.17) is 0 Å². The van der Waals surface area contributed by atoms with Gasteiger partial charge in [-0.25, -0.2) is 4.79 Å². The molecule has 168 valence electrons. The number of fused-ring (bicyclic) bond motifs is 1. The minimum atomic E-state index is -4.34. The van der Waals surface area contributed by atoms with Crippen LogP contribution in [-0.2, 0) is 17.5 Å². The third-order valence-electron chi connectivity index (χ3n) is 5.81. The van der Waals surface area contributed by atoms with Gasteiger partial charge in [-0.1, -0.05) is 24.8 Å². The van der Waals surface area contributed by atoms with Gasteiger partial charge in [0.2, 0.25) is 5.91 Å². The van der Waals surface area contributed by atoms with E-state index in [0.29, 0.717) is 37.0 Å². The Morgan fingerprint density at radius 2 is 1.87 bits per heavy atom. The summed E-state index contributed by atoms with van der Waals surface area (Å²) >= 11 is 0. The molecular weight excluding hydrogens is 409 g/mol. The van der Waals surface area contributed by atoms with Crippen molar-refractivity contribution < 1.29 is 22.8 Å². The zero-order valence-corrected chi connectivity index (χ0v) is 17.7. The molecule has 0 bridgehead atoms. The highest BCUT2D eigenvalue weighted by atomic mass is 19.4. The second-order valence-electron chi connectivity index (χ2n) is 8.13. The van der Waals surface area contributed by atoms with Crippen LogP contribution in [0.15, 0.2) is 48.7 Å². The summed E-state index contributed by atoms with van der Waals surface area (Å²) in [5.41, 5.74) is 0.269. The molecule has 1 aromatic carbocycles. The van der Waals surface area contributed by atoms with Crippen LogP contribution in [0.5, 0.6) is 0 Å². The van der Waals surface area contributed by atoms with Crippen LogP contribution in [0.2, 0.25) is 0 Å². The molecule has 1 aromatic rings. The quantitative estimate of drug-likeness (QED) is 0.571. The molecule has 2 heterocycles. The van der Waals surface area contributed by atoms with Crippen LogP contribution in [0.1, 0.15) is 11.1 Å². The first-order valence-electron chi connectivity index (χ1n) is 10.1. The molecular formula is C22H27F3N4O2. The Hall–Kier alpha value is -2.81. The van der Waals surface area contributed by atoms with Crippen molar-refractivity contribution in [3.05, 3.63) is 59.8 Å². The van der Waals surface area contributed by atoms with Crippen LogP contribution in [0.4, 0.5) is 18.0 Å². The Morgan fingerprint density at radius 3 is 2.45 bits per heavy atom. The second kappa shape index (κ2) is 9.13. The van der Waals surface area contributed by atoms with Gasteiger partial charge in [0.25, 0.3) is 0 Å². The molecule has 2 saturated heterocycles. The van der Waals surface area contributed by atoms with E-state index in [2.05, 4.69) is 16.8 Å². The molecule has 31 heavy (non-hydrogen) atoms. The molecule has 2 aliphatic heterocycles. The van der Waals surface area contributed by atoms with E-state index in [1.54, 1.807) is 18.0 Å². The van der Waals surface area contributed by atoms with Gasteiger partial charge in [0.1, 0.15) is 0 Å². The Bertz CT molecular complexity index is 870. The van der Waals surface area contributed by atoms with E-state index >= 15 is 0 Å². The van der Waals surface area contributed by atoms with E-state index in [1.807, 2.05) is 0 Å². The smallest absolute Gasteiger partial charge is 0.355 e. The van der Waals surface area contributed by atoms with Crippen LogP contribution in [0.25, 0.3) is 0 Å². The molecule has 0 saturated carbocycles. The van der Waals surface area contributed by atoms with Gasteiger partial charge in [-0.05, 0) is 29.5 Å². The molecule has 0 spiro atoms. The molecule has 0 aromatic heterocycles. The third-order valence-corrected chi connectivity index (χ3v) is 5.81. The molecule has 2 atom stereocenters. The maximum Gasteiger partial charge on any atom is 0.416 e. The second-order valence-corrected chi connectivity index (χ2v) is 8.13. The molecule has 2 fully saturated rings. The molecule has 3 amide bonds. The summed E-state index contributed by atoms with van der Waals surface area (Å²) in [6.07, 6.45) is -1.33. The first kappa shape index (κ1) is 22.9. The van der Waals surface area contributed by atoms with Gasteiger partial charge in [0.15, 0.2) is 0 Å². The number of urea groups is 1. The number of nitrogens with one attached hydrogen (secondary N) is 1. The maximum absolute atomic E-state index is 12.9. The van der Waals surface area contributed by atoms with Crippen LogP contribution < -0.4 is 5.32 Å². The van der Waals surface area contributed by atoms with Gasteiger partial charge in [-0.2, -0.15) is 13.2 Å². The van der Waals surface area contributed by atoms with Crippen LogP contribution in [-0.4, -0.2) is 66.9 Å². The average Bonchev–Trinajstić information content (AvgIpc) is 3.28. The van der Waals surface area contributed by atoms with E-state index in [9.17, 15) is 22.8 Å². The number of alkyl halides is 3. The van der Waals surface area contributed by atoms with Crippen molar-refractivity contribution in [3.63, 3.8) is 0 Å². The molecule has 2 aliphatic rings. The van der Waals surface area contributed by atoms with E-state index in [1.165, 1.54) is 36.4 Å². The number of hydrogen-bond acceptors (Lipinski definition) is 3. The summed E-state index contributed by atoms with van der Waals surface area (Å²) in [5.74, 6) is 0.287. The zero-order valence-electron chi connectivity index (χ0n) is 17.7. The fourth-order valence-corrected chi connectivity index (χ4v) is 4.20. The van der Waals surface area contributed by atoms with Crippen molar-refractivity contribution in [2.45, 2.75) is 12.7 Å². The molecule has 3 rings (SSSR count). The Labute approximate surface area is 180 Å². The van der Waals surface area contributed by atoms with Gasteiger partial charge in [0, 0.05) is 58.6 Å². The Morgan fingerprint density at radius 1 is 1.23 bits per heavy atom. The monoisotopic (exact) mass is 436 g/mol. The van der Waals surface area contributed by atoms with Crippen molar-refractivity contribution in [1.29, 1.82) is 0 Å². The number of halogens is 3. The lowest BCUT2D eigenvalue weighted by atomic mass is 10.0. The summed E-state index contributed by atoms with van der Waals surface area (Å²) in [7, 11) is 3.14. The molecule has 2 unspecified atom stereocenters. The Balaban J connectivity index is 1.52. The van der Waals surface area contributed by atoms with Crippen molar-refractivity contribution in [3.8, 4) is 0 Å². The molecule has 0 aliphatic carbocycles. The van der Waals surface area contributed by atoms with Crippen LogP contribution in [0.3, 0.4) is 0 Å². The first-order chi connectivity index (χ1) is 14.6. The lowest BCUT2D eigenvalue weighted by molar-refractivity contribution is -0.137. The number of likely N-dealkylation sites (N-methyl/N-ethyl adjacent to an activating group) is 1. The molecule has 9 heteroatoms. The number of likely N-dealkylation sites (tertiary alicyclic amines) is 2. The average molecular weight is 436 g/mol. The van der Waals surface area contributed by atoms with E-state index < -0.39 is 11.7 Å². The maximum atomic E-state index is 12.9. The van der Waals surface area contributed by atoms with Crippen molar-refractivity contribution in [1.82, 2.24) is 20.0 Å². The number of amides is 3. The minimum Gasteiger partial charge on any atom is -0.355 e. The number of benzene rings is 1. The van der Waals surface area contributed by atoms with E-state index in [0.717, 1.165) is 19.2 Å². The topological polar surface area (TPSA) is 55.9 Å². The number of rotatable bonds is 5. The zero-order chi connectivity index (χ0) is 22.8. The first-order valence-corrected chi connectivity index (χ1v) is 10.1. The number of carbonyl (C=O) groups is 2. The van der Waals surface area contributed by atoms with Gasteiger partial charge < -0.3 is 15.1 Å². The molecule has 1 N–H and O–H groups in total. The van der Waals surface area contributed by atoms with Gasteiger partial charge in [-0.3, -0.25) is 9.69 Å². The number of carbonyl (C=O) groups excluding carboxylic acids is 2. The van der Waals surface area contributed by atoms with Crippen LogP contribution >= 0.6 is 0 Å². The summed E-state index contributed by atoms with van der Waals surface area (Å²) in [5, 5.41) is 2.47. The van der Waals surface area contributed by atoms with Crippen molar-refractivity contribution in [2.75, 3.05) is 40.3 Å². The predicted molar refractivity (Wildman–Crippen MR) is 111 cm³/mol. The lowest BCUT2D eigenvalue weighted by Crippen LogP contribution is -2.39. The molecule has 6 nitrogen and oxygen atoms in total. The summed E-state index contributed by atoms with van der Waals surface area (Å²) in [6, 6.07) is 5.29. The summed E-state index contributed by atoms with van der Waals surface area (Å²) < 4.78 is 38.8. The lowest BCUT2D eigenvalue weighted by Gasteiger charge is -2.25. The SMILES string of the molecule is C=C(/C=C\N(C)C(=O)N1CC2CN(Cc3cccc(C(F)(F)F)c3)CC2C1)C(=O)NC. The van der Waals surface area contributed by atoms with Crippen molar-refractivity contribution in [2.24, 2.45) is 11.8 Å². The number of nitrogens with zero attached hydrogens (tertiary/aromatic N) is 3. The largest absolute Gasteiger partial charge is 0.416 e. The minimum absolute atomic E-state index is 0.153. The summed E-state index contributed by atoms with van der Waals surface area (Å²) in [4.78, 5) is 29.5. The molecule has 0 radical (unpaired) electrons. The summed E-state index contributed by atoms with van der Waals surface area (Å²) in [6.45, 7) is 6.82. The van der Waals surface area contributed by atoms with Crippen molar-refractivity contribution >= 4 is 11.9 Å². The Kier molecular flexibility index (Phi) is 6.74. The highest BCUT2D eigenvalue weighted by Crippen LogP contribution is 2.33. The van der Waals surface area contributed by atoms with Crippen LogP contribution in [0, 0.1) is 11.8 Å². The highest BCUT2D eigenvalue weighted by Gasteiger charge is 2.42. The standard InChI is InChI=1S/C22H27F3N4O2/c1-15(20(30)26-2)7-8-27(3)21(31)29-13-17-11-28(12-18(17)14-29)10-16-5-4-6-19(9-16)22(23,24)25/h4-9,17-18H,1,10-14H2,2-3H3,(H,26,30)/b8-7-. The fraction of sp³-hybridized carbons (Fsp3) is 0.455. The van der Waals surface area contributed by atoms with Gasteiger partial charge in [-0.15, -0.1) is 0 Å². The highest BCUT2D eigenvalue weighted by molar-refractivity contribution is 5.95. The van der Waals surface area contributed by atoms with Gasteiger partial charge in [0.05, 0.1) is 5.56 Å².